The highest BCUT2D eigenvalue weighted by atomic mass is 19.4. The minimum atomic E-state index is -4.94. The maximum atomic E-state index is 14.6. The van der Waals surface area contributed by atoms with Crippen molar-refractivity contribution in [2.24, 2.45) is 7.05 Å². The summed E-state index contributed by atoms with van der Waals surface area (Å²) in [5.74, 6) is -1.72. The van der Waals surface area contributed by atoms with Gasteiger partial charge in [0.25, 0.3) is 11.1 Å². The van der Waals surface area contributed by atoms with Crippen molar-refractivity contribution < 1.29 is 30.7 Å². The summed E-state index contributed by atoms with van der Waals surface area (Å²) in [5.41, 5.74) is -6.06. The summed E-state index contributed by atoms with van der Waals surface area (Å²) in [4.78, 5) is 25.0. The van der Waals surface area contributed by atoms with Gasteiger partial charge >= 0.3 is 12.4 Å². The van der Waals surface area contributed by atoms with Gasteiger partial charge in [-0.05, 0) is 25.8 Å². The van der Waals surface area contributed by atoms with Crippen LogP contribution in [0.2, 0.25) is 0 Å². The number of benzene rings is 1. The fourth-order valence-electron chi connectivity index (χ4n) is 3.93. The molecular weight excluding hydrogens is 473 g/mol. The molecule has 1 fully saturated rings. The second-order valence-corrected chi connectivity index (χ2v) is 8.19. The molecule has 1 atom stereocenters. The first-order valence-corrected chi connectivity index (χ1v) is 10.0. The number of pyridine rings is 1. The Labute approximate surface area is 186 Å². The van der Waals surface area contributed by atoms with Crippen LogP contribution in [0.5, 0.6) is 0 Å². The number of fused-ring (bicyclic) bond motifs is 1. The Morgan fingerprint density at radius 2 is 1.74 bits per heavy atom. The van der Waals surface area contributed by atoms with Gasteiger partial charge in [0.2, 0.25) is 0 Å². The maximum Gasteiger partial charge on any atom is 0.419 e. The maximum absolute atomic E-state index is 14.6. The van der Waals surface area contributed by atoms with E-state index in [1.54, 1.807) is 0 Å². The van der Waals surface area contributed by atoms with Crippen LogP contribution in [-0.4, -0.2) is 20.5 Å². The molecule has 2 heterocycles. The standard InChI is InChI=1S/C21H17F7N4O2/c1-10(11-4-3-5-14(16(11)22)20(23,24)25)29-17-13-9-32(19(6-7-19)21(26,27)28)15(33)8-12(13)18(34)31(2)30-17/h3-5,8-10H,6-7H2,1-2H3,(H,29,30)/t10-/m1/s1. The smallest absolute Gasteiger partial charge is 0.361 e. The SMILES string of the molecule is C[C@@H](Nc1nn(C)c(=O)c2cc(=O)n(C3(C(F)(F)F)CC3)cc12)c1cccc(C(F)(F)F)c1F. The molecule has 1 saturated carbocycles. The molecule has 182 valence electrons. The highest BCUT2D eigenvalue weighted by Gasteiger charge is 2.65. The van der Waals surface area contributed by atoms with E-state index in [-0.39, 0.29) is 35.0 Å². The molecule has 0 bridgehead atoms. The lowest BCUT2D eigenvalue weighted by Crippen LogP contribution is -2.41. The van der Waals surface area contributed by atoms with Crippen LogP contribution in [0.25, 0.3) is 10.8 Å². The highest BCUT2D eigenvalue weighted by molar-refractivity contribution is 5.90. The lowest BCUT2D eigenvalue weighted by Gasteiger charge is -2.23. The summed E-state index contributed by atoms with van der Waals surface area (Å²) in [7, 11) is 1.23. The zero-order valence-corrected chi connectivity index (χ0v) is 17.7. The molecule has 0 spiro atoms. The van der Waals surface area contributed by atoms with Crippen LogP contribution in [-0.2, 0) is 18.8 Å². The largest absolute Gasteiger partial charge is 0.419 e. The predicted molar refractivity (Wildman–Crippen MR) is 108 cm³/mol. The first-order chi connectivity index (χ1) is 15.7. The summed E-state index contributed by atoms with van der Waals surface area (Å²) in [5, 5.41) is 6.23. The Balaban J connectivity index is 1.86. The average molecular weight is 490 g/mol. The number of anilines is 1. The summed E-state index contributed by atoms with van der Waals surface area (Å²) in [6.45, 7) is 1.32. The predicted octanol–water partition coefficient (Wildman–Crippen LogP) is 4.48. The van der Waals surface area contributed by atoms with Crippen LogP contribution in [0.15, 0.2) is 40.1 Å². The topological polar surface area (TPSA) is 68.9 Å². The molecule has 0 radical (unpaired) electrons. The van der Waals surface area contributed by atoms with Crippen molar-refractivity contribution in [3.63, 3.8) is 0 Å². The van der Waals surface area contributed by atoms with Gasteiger partial charge in [0.15, 0.2) is 5.82 Å². The Morgan fingerprint density at radius 1 is 1.09 bits per heavy atom. The van der Waals surface area contributed by atoms with E-state index in [0.29, 0.717) is 10.6 Å². The molecule has 1 aliphatic carbocycles. The van der Waals surface area contributed by atoms with Crippen molar-refractivity contribution in [2.45, 2.75) is 43.7 Å². The van der Waals surface area contributed by atoms with Crippen molar-refractivity contribution in [3.8, 4) is 0 Å². The van der Waals surface area contributed by atoms with E-state index >= 15 is 0 Å². The van der Waals surface area contributed by atoms with E-state index in [2.05, 4.69) is 10.4 Å². The van der Waals surface area contributed by atoms with E-state index in [1.165, 1.54) is 14.0 Å². The third-order valence-corrected chi connectivity index (χ3v) is 5.95. The molecular formula is C21H17F7N4O2. The number of rotatable bonds is 4. The van der Waals surface area contributed by atoms with E-state index in [4.69, 9.17) is 0 Å². The van der Waals surface area contributed by atoms with Gasteiger partial charge in [-0.1, -0.05) is 12.1 Å². The van der Waals surface area contributed by atoms with Crippen LogP contribution >= 0.6 is 0 Å². The Bertz CT molecular complexity index is 1400. The molecule has 2 aromatic heterocycles. The molecule has 3 aromatic rings. The fraction of sp³-hybridized carbons (Fsp3) is 0.381. The normalized spacial score (nSPS) is 16.5. The lowest BCUT2D eigenvalue weighted by atomic mass is 10.0. The summed E-state index contributed by atoms with van der Waals surface area (Å²) >= 11 is 0. The van der Waals surface area contributed by atoms with E-state index < -0.39 is 46.4 Å². The fourth-order valence-corrected chi connectivity index (χ4v) is 3.93. The van der Waals surface area contributed by atoms with Gasteiger partial charge in [-0.15, -0.1) is 0 Å². The Hall–Kier alpha value is -3.38. The van der Waals surface area contributed by atoms with Gasteiger partial charge in [-0.2, -0.15) is 31.4 Å². The van der Waals surface area contributed by atoms with E-state index in [9.17, 15) is 40.3 Å². The van der Waals surface area contributed by atoms with Crippen LogP contribution in [0.3, 0.4) is 0 Å². The van der Waals surface area contributed by atoms with Crippen LogP contribution in [0, 0.1) is 5.82 Å². The minimum Gasteiger partial charge on any atom is -0.361 e. The molecule has 1 aromatic carbocycles. The van der Waals surface area contributed by atoms with Crippen LogP contribution in [0.1, 0.15) is 36.9 Å². The first kappa shape index (κ1) is 23.8. The molecule has 34 heavy (non-hydrogen) atoms. The van der Waals surface area contributed by atoms with Crippen molar-refractivity contribution in [1.82, 2.24) is 14.3 Å². The molecule has 13 heteroatoms. The molecule has 0 unspecified atom stereocenters. The second-order valence-electron chi connectivity index (χ2n) is 8.19. The minimum absolute atomic E-state index is 0.155. The van der Waals surface area contributed by atoms with Crippen molar-refractivity contribution >= 4 is 16.6 Å². The summed E-state index contributed by atoms with van der Waals surface area (Å²) < 4.78 is 96.0. The number of alkyl halides is 6. The molecule has 1 aliphatic rings. The Kier molecular flexibility index (Phi) is 5.29. The molecule has 0 aliphatic heterocycles. The number of aryl methyl sites for hydroxylation is 1. The van der Waals surface area contributed by atoms with Crippen molar-refractivity contribution in [3.05, 3.63) is 68.1 Å². The highest BCUT2D eigenvalue weighted by Crippen LogP contribution is 2.54. The molecule has 0 saturated heterocycles. The van der Waals surface area contributed by atoms with E-state index in [1.807, 2.05) is 0 Å². The van der Waals surface area contributed by atoms with Crippen LogP contribution < -0.4 is 16.4 Å². The van der Waals surface area contributed by atoms with Gasteiger partial charge in [0, 0.05) is 30.3 Å². The van der Waals surface area contributed by atoms with Gasteiger partial charge in [-0.25, -0.2) is 9.07 Å². The second kappa shape index (κ2) is 7.57. The van der Waals surface area contributed by atoms with Crippen molar-refractivity contribution in [1.29, 1.82) is 0 Å². The van der Waals surface area contributed by atoms with Gasteiger partial charge < -0.3 is 5.32 Å². The number of aromatic nitrogens is 3. The molecule has 6 nitrogen and oxygen atoms in total. The zero-order chi connectivity index (χ0) is 25.2. The van der Waals surface area contributed by atoms with Crippen molar-refractivity contribution in [2.75, 3.05) is 5.32 Å². The van der Waals surface area contributed by atoms with E-state index in [0.717, 1.165) is 29.1 Å². The quantitative estimate of drug-likeness (QED) is 0.548. The molecule has 4 rings (SSSR count). The number of hydrogen-bond acceptors (Lipinski definition) is 4. The number of halogens is 7. The number of hydrogen-bond donors (Lipinski definition) is 1. The third kappa shape index (κ3) is 3.72. The third-order valence-electron chi connectivity index (χ3n) is 5.95. The van der Waals surface area contributed by atoms with Gasteiger partial charge in [0.1, 0.15) is 11.4 Å². The van der Waals surface area contributed by atoms with Gasteiger partial charge in [0.05, 0.1) is 17.0 Å². The molecule has 0 amide bonds. The monoisotopic (exact) mass is 490 g/mol. The summed E-state index contributed by atoms with van der Waals surface area (Å²) in [6, 6.07) is 2.35. The Morgan fingerprint density at radius 3 is 2.29 bits per heavy atom. The van der Waals surface area contributed by atoms with Gasteiger partial charge in [-0.3, -0.25) is 14.2 Å². The zero-order valence-electron chi connectivity index (χ0n) is 17.7. The first-order valence-electron chi connectivity index (χ1n) is 10.0. The van der Waals surface area contributed by atoms with Crippen LogP contribution in [0.4, 0.5) is 36.6 Å². The summed E-state index contributed by atoms with van der Waals surface area (Å²) in [6.07, 6.45) is -9.44. The number of nitrogens with one attached hydrogen (secondary N) is 1. The average Bonchev–Trinajstić information content (AvgIpc) is 3.52. The number of nitrogens with zero attached hydrogens (tertiary/aromatic N) is 3. The lowest BCUT2D eigenvalue weighted by molar-refractivity contribution is -0.180. The molecule has 1 N–H and O–H groups in total.